The highest BCUT2D eigenvalue weighted by atomic mass is 35.5. The quantitative estimate of drug-likeness (QED) is 0.796. The fourth-order valence-corrected chi connectivity index (χ4v) is 2.73. The molecule has 2 rings (SSSR count). The number of carbonyl (C=O) groups excluding carboxylic acids is 2. The van der Waals surface area contributed by atoms with Gasteiger partial charge in [-0.3, -0.25) is 14.5 Å². The Kier molecular flexibility index (Phi) is 7.61. The lowest BCUT2D eigenvalue weighted by Gasteiger charge is -2.29. The second-order valence-corrected chi connectivity index (χ2v) is 6.29. The molecule has 2 amide bonds. The number of hydrogen-bond acceptors (Lipinski definition) is 4. The van der Waals surface area contributed by atoms with Crippen molar-refractivity contribution in [1.82, 2.24) is 9.80 Å². The van der Waals surface area contributed by atoms with E-state index in [1.807, 2.05) is 0 Å². The van der Waals surface area contributed by atoms with Crippen LogP contribution in [0.15, 0.2) is 18.2 Å². The van der Waals surface area contributed by atoms with Crippen LogP contribution < -0.4 is 5.32 Å². The summed E-state index contributed by atoms with van der Waals surface area (Å²) in [6, 6.07) is 4.00. The first-order valence-electron chi connectivity index (χ1n) is 8.26. The van der Waals surface area contributed by atoms with Gasteiger partial charge in [-0.2, -0.15) is 0 Å². The molecule has 1 heterocycles. The zero-order valence-electron chi connectivity index (χ0n) is 14.3. The van der Waals surface area contributed by atoms with E-state index in [0.717, 1.165) is 19.6 Å². The molecule has 1 aliphatic rings. The van der Waals surface area contributed by atoms with E-state index < -0.39 is 5.82 Å². The van der Waals surface area contributed by atoms with Gasteiger partial charge in [0.25, 0.3) is 0 Å². The normalized spacial score (nSPS) is 15.0. The Morgan fingerprint density at radius 2 is 2.04 bits per heavy atom. The van der Waals surface area contributed by atoms with Gasteiger partial charge in [0.2, 0.25) is 11.8 Å². The Bertz CT molecular complexity index is 609. The van der Waals surface area contributed by atoms with E-state index in [1.54, 1.807) is 4.90 Å². The van der Waals surface area contributed by atoms with Gasteiger partial charge in [0.05, 0.1) is 18.2 Å². The summed E-state index contributed by atoms with van der Waals surface area (Å²) in [7, 11) is 0. The van der Waals surface area contributed by atoms with Crippen LogP contribution in [0.25, 0.3) is 0 Å². The van der Waals surface area contributed by atoms with Crippen LogP contribution in [-0.4, -0.2) is 67.6 Å². The van der Waals surface area contributed by atoms with Crippen molar-refractivity contribution in [2.24, 2.45) is 0 Å². The minimum Gasteiger partial charge on any atom is -0.379 e. The zero-order chi connectivity index (χ0) is 18.2. The highest BCUT2D eigenvalue weighted by Gasteiger charge is 2.15. The van der Waals surface area contributed by atoms with Gasteiger partial charge in [-0.05, 0) is 18.2 Å². The van der Waals surface area contributed by atoms with E-state index in [9.17, 15) is 14.0 Å². The number of carbonyl (C=O) groups is 2. The number of nitrogens with one attached hydrogen (secondary N) is 1. The molecule has 8 heteroatoms. The molecule has 1 aromatic rings. The van der Waals surface area contributed by atoms with Crippen LogP contribution in [0.3, 0.4) is 0 Å². The molecule has 0 saturated carbocycles. The van der Waals surface area contributed by atoms with Gasteiger partial charge in [0.15, 0.2) is 0 Å². The van der Waals surface area contributed by atoms with Crippen LogP contribution in [0.2, 0.25) is 5.02 Å². The van der Waals surface area contributed by atoms with E-state index in [2.05, 4.69) is 10.2 Å². The van der Waals surface area contributed by atoms with E-state index in [4.69, 9.17) is 16.3 Å². The lowest BCUT2D eigenvalue weighted by Crippen LogP contribution is -2.43. The first kappa shape index (κ1) is 19.6. The van der Waals surface area contributed by atoms with E-state index in [0.29, 0.717) is 32.0 Å². The molecule has 0 spiro atoms. The summed E-state index contributed by atoms with van der Waals surface area (Å²) in [6.45, 7) is 6.31. The molecule has 1 N–H and O–H groups in total. The number of morpholine rings is 1. The molecule has 0 unspecified atom stereocenters. The largest absolute Gasteiger partial charge is 0.379 e. The molecule has 25 heavy (non-hydrogen) atoms. The van der Waals surface area contributed by atoms with Crippen molar-refractivity contribution in [3.05, 3.63) is 29.0 Å². The van der Waals surface area contributed by atoms with Crippen LogP contribution in [0.5, 0.6) is 0 Å². The average molecular weight is 372 g/mol. The van der Waals surface area contributed by atoms with Crippen molar-refractivity contribution in [3.63, 3.8) is 0 Å². The van der Waals surface area contributed by atoms with Gasteiger partial charge >= 0.3 is 0 Å². The van der Waals surface area contributed by atoms with Crippen molar-refractivity contribution in [2.75, 3.05) is 51.3 Å². The lowest BCUT2D eigenvalue weighted by atomic mass is 10.3. The Hall–Kier alpha value is -1.70. The smallest absolute Gasteiger partial charge is 0.226 e. The lowest BCUT2D eigenvalue weighted by molar-refractivity contribution is -0.129. The summed E-state index contributed by atoms with van der Waals surface area (Å²) < 4.78 is 18.4. The molecule has 0 atom stereocenters. The highest BCUT2D eigenvalue weighted by molar-refractivity contribution is 6.31. The maximum atomic E-state index is 13.1. The number of amides is 2. The second kappa shape index (κ2) is 9.70. The zero-order valence-corrected chi connectivity index (χ0v) is 15.0. The monoisotopic (exact) mass is 371 g/mol. The third kappa shape index (κ3) is 6.61. The number of ether oxygens (including phenoxy) is 1. The van der Waals surface area contributed by atoms with Crippen molar-refractivity contribution in [2.45, 2.75) is 13.3 Å². The number of halogens is 2. The molecule has 6 nitrogen and oxygen atoms in total. The number of nitrogens with zero attached hydrogens (tertiary/aromatic N) is 2. The van der Waals surface area contributed by atoms with Gasteiger partial charge < -0.3 is 15.0 Å². The van der Waals surface area contributed by atoms with Crippen molar-refractivity contribution in [1.29, 1.82) is 0 Å². The summed E-state index contributed by atoms with van der Waals surface area (Å²) in [4.78, 5) is 27.7. The van der Waals surface area contributed by atoms with Crippen LogP contribution >= 0.6 is 11.6 Å². The second-order valence-electron chi connectivity index (χ2n) is 5.89. The molecular weight excluding hydrogens is 349 g/mol. The van der Waals surface area contributed by atoms with Gasteiger partial charge in [-0.15, -0.1) is 0 Å². The third-order valence-electron chi connectivity index (χ3n) is 4.05. The maximum absolute atomic E-state index is 13.1. The maximum Gasteiger partial charge on any atom is 0.226 e. The molecule has 1 saturated heterocycles. The van der Waals surface area contributed by atoms with E-state index in [-0.39, 0.29) is 23.3 Å². The van der Waals surface area contributed by atoms with Crippen LogP contribution in [-0.2, 0) is 14.3 Å². The Balaban J connectivity index is 1.77. The van der Waals surface area contributed by atoms with Gasteiger partial charge in [-0.1, -0.05) is 11.6 Å². The summed E-state index contributed by atoms with van der Waals surface area (Å²) in [5, 5.41) is 2.61. The SMILES string of the molecule is CC(=O)N(CCC(=O)Nc1ccc(F)c(Cl)c1)CCN1CCOCC1. The van der Waals surface area contributed by atoms with Crippen LogP contribution in [0, 0.1) is 5.82 Å². The molecule has 0 radical (unpaired) electrons. The predicted molar refractivity (Wildman–Crippen MR) is 94.2 cm³/mol. The molecule has 0 aliphatic carbocycles. The summed E-state index contributed by atoms with van der Waals surface area (Å²) in [6.07, 6.45) is 0.164. The third-order valence-corrected chi connectivity index (χ3v) is 4.34. The van der Waals surface area contributed by atoms with Gasteiger partial charge in [0, 0.05) is 51.8 Å². The Labute approximate surface area is 151 Å². The Morgan fingerprint density at radius 1 is 1.32 bits per heavy atom. The first-order valence-corrected chi connectivity index (χ1v) is 8.64. The van der Waals surface area contributed by atoms with Gasteiger partial charge in [0.1, 0.15) is 5.82 Å². The molecule has 138 valence electrons. The van der Waals surface area contributed by atoms with Gasteiger partial charge in [-0.25, -0.2) is 4.39 Å². The number of benzene rings is 1. The van der Waals surface area contributed by atoms with Crippen molar-refractivity contribution in [3.8, 4) is 0 Å². The molecule has 0 aromatic heterocycles. The number of hydrogen-bond donors (Lipinski definition) is 1. The molecule has 1 aromatic carbocycles. The van der Waals surface area contributed by atoms with Crippen LogP contribution in [0.4, 0.5) is 10.1 Å². The minimum absolute atomic E-state index is 0.0475. The van der Waals surface area contributed by atoms with Crippen molar-refractivity contribution < 1.29 is 18.7 Å². The number of rotatable bonds is 7. The summed E-state index contributed by atoms with van der Waals surface area (Å²) >= 11 is 5.69. The molecular formula is C17H23ClFN3O3. The topological polar surface area (TPSA) is 61.9 Å². The van der Waals surface area contributed by atoms with Crippen LogP contribution in [0.1, 0.15) is 13.3 Å². The minimum atomic E-state index is -0.537. The highest BCUT2D eigenvalue weighted by Crippen LogP contribution is 2.19. The molecule has 0 bridgehead atoms. The predicted octanol–water partition coefficient (Wildman–Crippen LogP) is 1.99. The first-order chi connectivity index (χ1) is 12.0. The van der Waals surface area contributed by atoms with Crippen molar-refractivity contribution >= 4 is 29.1 Å². The molecule has 1 fully saturated rings. The fraction of sp³-hybridized carbons (Fsp3) is 0.529. The van der Waals surface area contributed by atoms with E-state index >= 15 is 0 Å². The summed E-state index contributed by atoms with van der Waals surface area (Å²) in [5.74, 6) is -0.850. The number of anilines is 1. The van der Waals surface area contributed by atoms with E-state index in [1.165, 1.54) is 25.1 Å². The standard InChI is InChI=1S/C17H23ClFN3O3/c1-13(23)22(7-6-21-8-10-25-11-9-21)5-4-17(24)20-14-2-3-16(19)15(18)12-14/h2-3,12H,4-11H2,1H3,(H,20,24). The molecule has 1 aliphatic heterocycles. The summed E-state index contributed by atoms with van der Waals surface area (Å²) in [5.41, 5.74) is 0.430. The Morgan fingerprint density at radius 3 is 2.68 bits per heavy atom. The fourth-order valence-electron chi connectivity index (χ4n) is 2.55. The average Bonchev–Trinajstić information content (AvgIpc) is 2.58.